The average molecular weight is 181 g/mol. The number of urea groups is 1. The van der Waals surface area contributed by atoms with Crippen LogP contribution in [-0.4, -0.2) is 17.1 Å². The Kier molecular flexibility index (Phi) is 1.54. The Labute approximate surface area is 73.3 Å². The first-order chi connectivity index (χ1) is 6.16. The third-order valence-electron chi connectivity index (χ3n) is 1.71. The van der Waals surface area contributed by atoms with Crippen LogP contribution in [0.1, 0.15) is 17.5 Å². The summed E-state index contributed by atoms with van der Waals surface area (Å²) in [6.45, 7) is 1.74. The smallest absolute Gasteiger partial charge is 0.322 e. The fourth-order valence-corrected chi connectivity index (χ4v) is 1.14. The molecule has 1 fully saturated rings. The van der Waals surface area contributed by atoms with Gasteiger partial charge in [0.25, 0.3) is 5.91 Å². The van der Waals surface area contributed by atoms with Crippen LogP contribution >= 0.6 is 0 Å². The number of carbonyl (C=O) groups excluding carboxylic acids is 2. The van der Waals surface area contributed by atoms with Crippen LogP contribution in [0.2, 0.25) is 0 Å². The highest BCUT2D eigenvalue weighted by Crippen LogP contribution is 2.16. The molecule has 6 heteroatoms. The van der Waals surface area contributed by atoms with Gasteiger partial charge in [-0.15, -0.1) is 0 Å². The quantitative estimate of drug-likeness (QED) is 0.591. The number of aromatic nitrogens is 1. The summed E-state index contributed by atoms with van der Waals surface area (Å²) >= 11 is 0. The van der Waals surface area contributed by atoms with Crippen molar-refractivity contribution < 1.29 is 14.1 Å². The zero-order chi connectivity index (χ0) is 9.42. The molecule has 13 heavy (non-hydrogen) atoms. The van der Waals surface area contributed by atoms with Crippen LogP contribution in [0.4, 0.5) is 4.79 Å². The largest absolute Gasteiger partial charge is 0.358 e. The van der Waals surface area contributed by atoms with Crippen molar-refractivity contribution in [3.63, 3.8) is 0 Å². The molecule has 0 bridgehead atoms. The Balaban J connectivity index is 2.27. The number of nitrogens with zero attached hydrogens (tertiary/aromatic N) is 1. The van der Waals surface area contributed by atoms with E-state index < -0.39 is 18.0 Å². The third-order valence-corrected chi connectivity index (χ3v) is 1.71. The van der Waals surface area contributed by atoms with Crippen molar-refractivity contribution in [2.24, 2.45) is 0 Å². The Morgan fingerprint density at radius 1 is 1.54 bits per heavy atom. The molecule has 2 rings (SSSR count). The summed E-state index contributed by atoms with van der Waals surface area (Å²) in [7, 11) is 0. The number of rotatable bonds is 1. The minimum atomic E-state index is -0.742. The zero-order valence-corrected chi connectivity index (χ0v) is 6.83. The average Bonchev–Trinajstić information content (AvgIpc) is 2.58. The molecule has 6 nitrogen and oxygen atoms in total. The molecular formula is C7H7N3O3. The van der Waals surface area contributed by atoms with E-state index in [2.05, 4.69) is 15.8 Å². The minimum Gasteiger partial charge on any atom is -0.358 e. The Morgan fingerprint density at radius 3 is 2.77 bits per heavy atom. The molecule has 1 atom stereocenters. The summed E-state index contributed by atoms with van der Waals surface area (Å²) in [6, 6.07) is 0.355. The molecule has 0 unspecified atom stereocenters. The van der Waals surface area contributed by atoms with E-state index >= 15 is 0 Å². The van der Waals surface area contributed by atoms with Crippen molar-refractivity contribution in [3.8, 4) is 0 Å². The van der Waals surface area contributed by atoms with Crippen molar-refractivity contribution in [1.82, 2.24) is 15.8 Å². The predicted molar refractivity (Wildman–Crippen MR) is 40.7 cm³/mol. The first-order valence-corrected chi connectivity index (χ1v) is 3.71. The van der Waals surface area contributed by atoms with Gasteiger partial charge in [0.2, 0.25) is 0 Å². The van der Waals surface area contributed by atoms with Crippen molar-refractivity contribution in [2.45, 2.75) is 13.0 Å². The molecule has 0 saturated carbocycles. The molecule has 2 heterocycles. The summed E-state index contributed by atoms with van der Waals surface area (Å²) in [6.07, 6.45) is 0. The Bertz CT molecular complexity index is 371. The maximum atomic E-state index is 11.1. The lowest BCUT2D eigenvalue weighted by atomic mass is 10.2. The van der Waals surface area contributed by atoms with Gasteiger partial charge in [-0.3, -0.25) is 10.1 Å². The number of amides is 3. The fourth-order valence-electron chi connectivity index (χ4n) is 1.14. The van der Waals surface area contributed by atoms with Gasteiger partial charge in [-0.25, -0.2) is 4.79 Å². The number of imide groups is 1. The Morgan fingerprint density at radius 2 is 2.31 bits per heavy atom. The summed E-state index contributed by atoms with van der Waals surface area (Å²) in [4.78, 5) is 21.9. The van der Waals surface area contributed by atoms with Gasteiger partial charge in [-0.2, -0.15) is 0 Å². The van der Waals surface area contributed by atoms with Crippen LogP contribution < -0.4 is 10.6 Å². The van der Waals surface area contributed by atoms with Gasteiger partial charge in [0.05, 0.1) is 5.69 Å². The number of nitrogens with one attached hydrogen (secondary N) is 2. The van der Waals surface area contributed by atoms with E-state index in [1.807, 2.05) is 0 Å². The predicted octanol–water partition coefficient (Wildman–Crippen LogP) is -0.136. The van der Waals surface area contributed by atoms with Crippen molar-refractivity contribution in [1.29, 1.82) is 0 Å². The highest BCUT2D eigenvalue weighted by molar-refractivity contribution is 6.04. The molecular weight excluding hydrogens is 174 g/mol. The van der Waals surface area contributed by atoms with Gasteiger partial charge < -0.3 is 9.84 Å². The maximum absolute atomic E-state index is 11.1. The molecule has 1 saturated heterocycles. The molecule has 68 valence electrons. The molecule has 1 aromatic heterocycles. The van der Waals surface area contributed by atoms with E-state index in [9.17, 15) is 9.59 Å². The van der Waals surface area contributed by atoms with Gasteiger partial charge in [0.15, 0.2) is 11.8 Å². The van der Waals surface area contributed by atoms with Crippen molar-refractivity contribution in [2.75, 3.05) is 0 Å². The second-order valence-corrected chi connectivity index (χ2v) is 2.77. The van der Waals surface area contributed by atoms with Gasteiger partial charge >= 0.3 is 6.03 Å². The van der Waals surface area contributed by atoms with Gasteiger partial charge in [-0.1, -0.05) is 5.16 Å². The van der Waals surface area contributed by atoms with Crippen LogP contribution in [0.25, 0.3) is 0 Å². The lowest BCUT2D eigenvalue weighted by Crippen LogP contribution is -2.22. The number of carbonyl (C=O) groups is 2. The summed E-state index contributed by atoms with van der Waals surface area (Å²) in [5.74, 6) is -0.0676. The minimum absolute atomic E-state index is 0.348. The summed E-state index contributed by atoms with van der Waals surface area (Å²) < 4.78 is 4.84. The second kappa shape index (κ2) is 2.58. The van der Waals surface area contributed by atoms with Crippen LogP contribution in [0.15, 0.2) is 10.6 Å². The first kappa shape index (κ1) is 7.78. The molecule has 2 N–H and O–H groups in total. The third kappa shape index (κ3) is 1.26. The fraction of sp³-hybridized carbons (Fsp3) is 0.286. The lowest BCUT2D eigenvalue weighted by molar-refractivity contribution is -0.120. The van der Waals surface area contributed by atoms with Crippen molar-refractivity contribution in [3.05, 3.63) is 17.5 Å². The summed E-state index contributed by atoms with van der Waals surface area (Å²) in [5, 5.41) is 8.11. The molecule has 1 aromatic rings. The summed E-state index contributed by atoms with van der Waals surface area (Å²) in [5.41, 5.74) is 0.670. The van der Waals surface area contributed by atoms with Crippen molar-refractivity contribution >= 4 is 11.9 Å². The topological polar surface area (TPSA) is 84.2 Å². The normalized spacial score (nSPS) is 21.5. The maximum Gasteiger partial charge on any atom is 0.322 e. The number of aryl methyl sites for hydroxylation is 1. The van der Waals surface area contributed by atoms with E-state index in [0.717, 1.165) is 0 Å². The molecule has 3 amide bonds. The lowest BCUT2D eigenvalue weighted by Gasteiger charge is -1.99. The standard InChI is InChI=1S/C7H7N3O3/c1-3-2-4(13-10-3)5-6(11)9-7(12)8-5/h2,5H,1H3,(H2,8,9,11,12)/t5-/m0/s1. The van der Waals surface area contributed by atoms with Crippen LogP contribution in [0, 0.1) is 6.92 Å². The SMILES string of the molecule is Cc1cc([C@@H]2NC(=O)NC2=O)on1. The van der Waals surface area contributed by atoms with Crippen LogP contribution in [0.5, 0.6) is 0 Å². The molecule has 0 aromatic carbocycles. The molecule has 1 aliphatic heterocycles. The van der Waals surface area contributed by atoms with Crippen LogP contribution in [-0.2, 0) is 4.79 Å². The first-order valence-electron chi connectivity index (χ1n) is 3.71. The zero-order valence-electron chi connectivity index (χ0n) is 6.83. The number of hydrogen-bond donors (Lipinski definition) is 2. The Hall–Kier alpha value is -1.85. The van der Waals surface area contributed by atoms with Gasteiger partial charge in [0.1, 0.15) is 0 Å². The molecule has 0 radical (unpaired) electrons. The number of hydrogen-bond acceptors (Lipinski definition) is 4. The van der Waals surface area contributed by atoms with E-state index in [-0.39, 0.29) is 0 Å². The molecule has 1 aliphatic rings. The van der Waals surface area contributed by atoms with E-state index in [1.165, 1.54) is 0 Å². The highest BCUT2D eigenvalue weighted by atomic mass is 16.5. The highest BCUT2D eigenvalue weighted by Gasteiger charge is 2.33. The monoisotopic (exact) mass is 181 g/mol. The molecule has 0 spiro atoms. The van der Waals surface area contributed by atoms with Gasteiger partial charge in [0, 0.05) is 6.07 Å². The van der Waals surface area contributed by atoms with E-state index in [4.69, 9.17) is 4.52 Å². The van der Waals surface area contributed by atoms with E-state index in [0.29, 0.717) is 11.5 Å². The van der Waals surface area contributed by atoms with Gasteiger partial charge in [-0.05, 0) is 6.92 Å². The van der Waals surface area contributed by atoms with Crippen LogP contribution in [0.3, 0.4) is 0 Å². The molecule has 0 aliphatic carbocycles. The van der Waals surface area contributed by atoms with E-state index in [1.54, 1.807) is 13.0 Å². The second-order valence-electron chi connectivity index (χ2n) is 2.77.